The monoisotopic (exact) mass is 255 g/mol. The topological polar surface area (TPSA) is 50.2 Å². The summed E-state index contributed by atoms with van der Waals surface area (Å²) in [4.78, 5) is 14.9. The zero-order valence-electron chi connectivity index (χ0n) is 8.29. The van der Waals surface area contributed by atoms with Crippen molar-refractivity contribution in [3.63, 3.8) is 0 Å². The van der Waals surface area contributed by atoms with Crippen molar-refractivity contribution < 1.29 is 9.90 Å². The van der Waals surface area contributed by atoms with E-state index in [0.717, 1.165) is 5.56 Å². The first kappa shape index (κ1) is 11.2. The number of aromatic carboxylic acids is 1. The average Bonchev–Trinajstić information content (AvgIpc) is 2.23. The third-order valence-corrected chi connectivity index (χ3v) is 3.06. The van der Waals surface area contributed by atoms with Crippen LogP contribution in [-0.2, 0) is 0 Å². The molecular formula is C11H7Cl2NO2. The zero-order valence-corrected chi connectivity index (χ0v) is 9.80. The highest BCUT2D eigenvalue weighted by Crippen LogP contribution is 2.29. The fraction of sp³-hybridized carbons (Fsp3) is 0.0909. The summed E-state index contributed by atoms with van der Waals surface area (Å²) in [6.45, 7) is 1.78. The molecule has 3 nitrogen and oxygen atoms in total. The van der Waals surface area contributed by atoms with Gasteiger partial charge in [0.05, 0.1) is 10.5 Å². The molecule has 1 aromatic heterocycles. The van der Waals surface area contributed by atoms with Gasteiger partial charge in [-0.15, -0.1) is 0 Å². The Hall–Kier alpha value is -1.32. The van der Waals surface area contributed by atoms with Gasteiger partial charge in [-0.05, 0) is 30.7 Å². The normalized spacial score (nSPS) is 10.7. The van der Waals surface area contributed by atoms with E-state index in [9.17, 15) is 4.79 Å². The lowest BCUT2D eigenvalue weighted by Crippen LogP contribution is -2.01. The Morgan fingerprint density at radius 3 is 2.62 bits per heavy atom. The van der Waals surface area contributed by atoms with Crippen LogP contribution in [0.4, 0.5) is 0 Å². The van der Waals surface area contributed by atoms with Crippen molar-refractivity contribution in [1.82, 2.24) is 4.98 Å². The molecule has 0 spiro atoms. The summed E-state index contributed by atoms with van der Waals surface area (Å²) >= 11 is 11.9. The Bertz CT molecular complexity index is 596. The van der Waals surface area contributed by atoms with Gasteiger partial charge in [0, 0.05) is 10.4 Å². The highest BCUT2D eigenvalue weighted by molar-refractivity contribution is 6.36. The summed E-state index contributed by atoms with van der Waals surface area (Å²) in [6, 6.07) is 4.78. The minimum atomic E-state index is -1.11. The highest BCUT2D eigenvalue weighted by Gasteiger charge is 2.12. The van der Waals surface area contributed by atoms with Crippen molar-refractivity contribution in [3.05, 3.63) is 39.5 Å². The Balaban J connectivity index is 2.88. The highest BCUT2D eigenvalue weighted by atomic mass is 35.5. The Morgan fingerprint density at radius 1 is 1.31 bits per heavy atom. The summed E-state index contributed by atoms with van der Waals surface area (Å²) in [5.74, 6) is -1.11. The number of aryl methyl sites for hydroxylation is 1. The predicted molar refractivity (Wildman–Crippen MR) is 63.5 cm³/mol. The molecule has 1 N–H and O–H groups in total. The minimum Gasteiger partial charge on any atom is -0.477 e. The van der Waals surface area contributed by atoms with Crippen LogP contribution in [-0.4, -0.2) is 16.1 Å². The number of nitrogens with zero attached hydrogens (tertiary/aromatic N) is 1. The van der Waals surface area contributed by atoms with E-state index >= 15 is 0 Å². The van der Waals surface area contributed by atoms with Gasteiger partial charge in [-0.2, -0.15) is 0 Å². The first-order valence-electron chi connectivity index (χ1n) is 4.49. The molecule has 0 aliphatic rings. The number of aromatic nitrogens is 1. The van der Waals surface area contributed by atoms with Gasteiger partial charge in [0.25, 0.3) is 0 Å². The lowest BCUT2D eigenvalue weighted by atomic mass is 10.1. The number of halogens is 2. The molecule has 1 aromatic carbocycles. The van der Waals surface area contributed by atoms with E-state index < -0.39 is 5.97 Å². The Labute approximate surface area is 102 Å². The Morgan fingerprint density at radius 2 is 2.00 bits per heavy atom. The molecule has 0 unspecified atom stereocenters. The summed E-state index contributed by atoms with van der Waals surface area (Å²) < 4.78 is 0. The first-order chi connectivity index (χ1) is 7.50. The summed E-state index contributed by atoms with van der Waals surface area (Å²) in [5.41, 5.74) is 1.17. The van der Waals surface area contributed by atoms with E-state index in [-0.39, 0.29) is 5.69 Å². The van der Waals surface area contributed by atoms with E-state index in [2.05, 4.69) is 4.98 Å². The summed E-state index contributed by atoms with van der Waals surface area (Å²) in [7, 11) is 0. The fourth-order valence-electron chi connectivity index (χ4n) is 1.47. The van der Waals surface area contributed by atoms with Gasteiger partial charge in [0.2, 0.25) is 0 Å². The standard InChI is InChI=1S/C11H7Cl2NO2/c1-5-7(12)3-2-6-8(13)4-9(11(15)16)14-10(5)6/h2-4H,1H3,(H,15,16). The SMILES string of the molecule is Cc1c(Cl)ccc2c(Cl)cc(C(=O)O)nc12. The van der Waals surface area contributed by atoms with Crippen molar-refractivity contribution >= 4 is 40.1 Å². The molecule has 1 heterocycles. The molecule has 0 bridgehead atoms. The predicted octanol–water partition coefficient (Wildman–Crippen LogP) is 3.55. The molecule has 82 valence electrons. The maximum atomic E-state index is 10.8. The van der Waals surface area contributed by atoms with Gasteiger partial charge in [-0.25, -0.2) is 9.78 Å². The van der Waals surface area contributed by atoms with Crippen molar-refractivity contribution in [1.29, 1.82) is 0 Å². The molecule has 2 rings (SSSR count). The summed E-state index contributed by atoms with van der Waals surface area (Å²) in [6.07, 6.45) is 0. The first-order valence-corrected chi connectivity index (χ1v) is 5.25. The van der Waals surface area contributed by atoms with E-state index in [1.54, 1.807) is 19.1 Å². The molecule has 2 aromatic rings. The number of benzene rings is 1. The molecule has 16 heavy (non-hydrogen) atoms. The van der Waals surface area contributed by atoms with Crippen LogP contribution in [0.15, 0.2) is 18.2 Å². The van der Waals surface area contributed by atoms with Crippen molar-refractivity contribution in [2.24, 2.45) is 0 Å². The fourth-order valence-corrected chi connectivity index (χ4v) is 1.88. The number of carboxylic acid groups (broad SMARTS) is 1. The number of hydrogen-bond donors (Lipinski definition) is 1. The minimum absolute atomic E-state index is 0.0807. The van der Waals surface area contributed by atoms with Gasteiger partial charge in [0.1, 0.15) is 5.69 Å². The molecule has 0 saturated heterocycles. The van der Waals surface area contributed by atoms with E-state index in [4.69, 9.17) is 28.3 Å². The number of hydrogen-bond acceptors (Lipinski definition) is 2. The molecule has 5 heteroatoms. The van der Waals surface area contributed by atoms with Crippen molar-refractivity contribution in [2.75, 3.05) is 0 Å². The molecule has 0 fully saturated rings. The molecule has 0 amide bonds. The second kappa shape index (κ2) is 3.92. The number of pyridine rings is 1. The van der Waals surface area contributed by atoms with Crippen LogP contribution >= 0.6 is 23.2 Å². The number of fused-ring (bicyclic) bond motifs is 1. The van der Waals surface area contributed by atoms with E-state index in [1.807, 2.05) is 0 Å². The van der Waals surface area contributed by atoms with E-state index in [1.165, 1.54) is 6.07 Å². The van der Waals surface area contributed by atoms with Crippen molar-refractivity contribution in [3.8, 4) is 0 Å². The molecule has 0 atom stereocenters. The second-order valence-corrected chi connectivity index (χ2v) is 4.18. The van der Waals surface area contributed by atoms with Crippen LogP contribution in [0.1, 0.15) is 16.1 Å². The van der Waals surface area contributed by atoms with E-state index in [0.29, 0.717) is 20.9 Å². The molecular weight excluding hydrogens is 249 g/mol. The maximum absolute atomic E-state index is 10.8. The van der Waals surface area contributed by atoms with Gasteiger partial charge in [-0.1, -0.05) is 23.2 Å². The molecule has 0 aliphatic heterocycles. The number of carboxylic acids is 1. The van der Waals surface area contributed by atoms with Crippen LogP contribution in [0.25, 0.3) is 10.9 Å². The third-order valence-electron chi connectivity index (χ3n) is 2.34. The number of rotatable bonds is 1. The maximum Gasteiger partial charge on any atom is 0.354 e. The lowest BCUT2D eigenvalue weighted by molar-refractivity contribution is 0.0691. The second-order valence-electron chi connectivity index (χ2n) is 3.36. The van der Waals surface area contributed by atoms with Crippen molar-refractivity contribution in [2.45, 2.75) is 6.92 Å². The largest absolute Gasteiger partial charge is 0.477 e. The van der Waals surface area contributed by atoms with Gasteiger partial charge in [0.15, 0.2) is 0 Å². The smallest absolute Gasteiger partial charge is 0.354 e. The van der Waals surface area contributed by atoms with Gasteiger partial charge in [-0.3, -0.25) is 0 Å². The van der Waals surface area contributed by atoms with Gasteiger partial charge < -0.3 is 5.11 Å². The zero-order chi connectivity index (χ0) is 11.9. The molecule has 0 saturated carbocycles. The van der Waals surface area contributed by atoms with Crippen LogP contribution in [0.5, 0.6) is 0 Å². The third kappa shape index (κ3) is 1.72. The Kier molecular flexibility index (Phi) is 2.74. The van der Waals surface area contributed by atoms with Crippen LogP contribution < -0.4 is 0 Å². The summed E-state index contributed by atoms with van der Waals surface area (Å²) in [5, 5.41) is 10.5. The lowest BCUT2D eigenvalue weighted by Gasteiger charge is -2.06. The molecule has 0 aliphatic carbocycles. The quantitative estimate of drug-likeness (QED) is 0.848. The van der Waals surface area contributed by atoms with Crippen LogP contribution in [0.3, 0.4) is 0 Å². The number of carbonyl (C=O) groups is 1. The average molecular weight is 256 g/mol. The van der Waals surface area contributed by atoms with Gasteiger partial charge >= 0.3 is 5.97 Å². The molecule has 0 radical (unpaired) electrons. The van der Waals surface area contributed by atoms with Crippen LogP contribution in [0, 0.1) is 6.92 Å². The van der Waals surface area contributed by atoms with Crippen LogP contribution in [0.2, 0.25) is 10.0 Å².